The quantitative estimate of drug-likeness (QED) is 0.621. The van der Waals surface area contributed by atoms with Gasteiger partial charge in [0.2, 0.25) is 5.91 Å². The molecule has 10 heteroatoms. The molecule has 0 aliphatic carbocycles. The topological polar surface area (TPSA) is 110 Å². The Morgan fingerprint density at radius 2 is 2.03 bits per heavy atom. The molecular formula is C21H26BrN5O3S. The fourth-order valence-corrected chi connectivity index (χ4v) is 5.67. The number of ether oxygens (including phenoxy) is 1. The van der Waals surface area contributed by atoms with Crippen LogP contribution in [-0.2, 0) is 9.53 Å². The molecular weight excluding hydrogens is 482 g/mol. The van der Waals surface area contributed by atoms with Crippen molar-refractivity contribution in [3.63, 3.8) is 0 Å². The van der Waals surface area contributed by atoms with Crippen LogP contribution in [0.3, 0.4) is 0 Å². The summed E-state index contributed by atoms with van der Waals surface area (Å²) in [7, 11) is 0. The van der Waals surface area contributed by atoms with Crippen molar-refractivity contribution in [2.45, 2.75) is 50.9 Å². The molecule has 31 heavy (non-hydrogen) atoms. The molecule has 2 fully saturated rings. The molecule has 0 aromatic carbocycles. The number of nitrogens with one attached hydrogen (secondary N) is 1. The molecule has 0 radical (unpaired) electrons. The van der Waals surface area contributed by atoms with Gasteiger partial charge < -0.3 is 20.7 Å². The molecule has 1 unspecified atom stereocenters. The lowest BCUT2D eigenvalue weighted by atomic mass is 9.90. The predicted octanol–water partition coefficient (Wildman–Crippen LogP) is 3.04. The highest BCUT2D eigenvalue weighted by Gasteiger charge is 2.36. The number of hydrogen-bond donors (Lipinski definition) is 2. The largest absolute Gasteiger partial charge is 0.367 e. The number of hydrogen-bond acceptors (Lipinski definition) is 7. The van der Waals surface area contributed by atoms with Crippen LogP contribution < -0.4 is 16.0 Å². The third-order valence-corrected chi connectivity index (χ3v) is 7.79. The molecule has 2 aliphatic heterocycles. The van der Waals surface area contributed by atoms with Crippen LogP contribution in [0, 0.1) is 5.92 Å². The summed E-state index contributed by atoms with van der Waals surface area (Å²) in [6, 6.07) is 3.85. The summed E-state index contributed by atoms with van der Waals surface area (Å²) in [5, 5.41) is 2.99. The van der Waals surface area contributed by atoms with Crippen molar-refractivity contribution in [2.24, 2.45) is 11.7 Å². The summed E-state index contributed by atoms with van der Waals surface area (Å²) in [6.07, 6.45) is 6.34. The van der Waals surface area contributed by atoms with Crippen LogP contribution in [0.2, 0.25) is 0 Å². The number of primary amides is 1. The van der Waals surface area contributed by atoms with E-state index in [1.807, 2.05) is 19.1 Å². The average Bonchev–Trinajstić information content (AvgIpc) is 3.43. The first-order valence-electron chi connectivity index (χ1n) is 10.5. The van der Waals surface area contributed by atoms with Gasteiger partial charge in [-0.25, -0.2) is 4.98 Å². The molecule has 2 aromatic heterocycles. The molecule has 2 amide bonds. The van der Waals surface area contributed by atoms with E-state index in [4.69, 9.17) is 10.5 Å². The van der Waals surface area contributed by atoms with Gasteiger partial charge in [0, 0.05) is 18.0 Å². The van der Waals surface area contributed by atoms with Crippen LogP contribution >= 0.6 is 27.3 Å². The molecule has 2 saturated heterocycles. The average molecular weight is 508 g/mol. The minimum atomic E-state index is -0.443. The van der Waals surface area contributed by atoms with E-state index in [0.29, 0.717) is 23.9 Å². The highest BCUT2D eigenvalue weighted by Crippen LogP contribution is 2.33. The third kappa shape index (κ3) is 5.24. The van der Waals surface area contributed by atoms with E-state index in [9.17, 15) is 9.59 Å². The summed E-state index contributed by atoms with van der Waals surface area (Å²) < 4.78 is 6.88. The molecule has 2 aliphatic rings. The lowest BCUT2D eigenvalue weighted by Gasteiger charge is -2.35. The van der Waals surface area contributed by atoms with E-state index in [0.717, 1.165) is 41.0 Å². The molecule has 3 N–H and O–H groups in total. The van der Waals surface area contributed by atoms with Crippen LogP contribution in [0.4, 0.5) is 5.82 Å². The standard InChI is InChI=1S/C21H26BrN5O3S/c1-12(17-4-5-18(22)31-17)25-21(29)14-10-24-11-19(26-14)27-8-6-13(7-9-27)15-2-3-16(30-15)20(23)28/h4-5,10-13,15-16H,2-3,6-9H2,1H3,(H2,23,28)(H,25,29)/t12?,15-,16+/m0/s1. The Balaban J connectivity index is 1.33. The van der Waals surface area contributed by atoms with Gasteiger partial charge in [-0.3, -0.25) is 14.6 Å². The predicted molar refractivity (Wildman–Crippen MR) is 122 cm³/mol. The van der Waals surface area contributed by atoms with Crippen molar-refractivity contribution >= 4 is 44.9 Å². The van der Waals surface area contributed by atoms with E-state index in [1.54, 1.807) is 17.5 Å². The van der Waals surface area contributed by atoms with Crippen molar-refractivity contribution in [2.75, 3.05) is 18.0 Å². The Labute approximate surface area is 193 Å². The summed E-state index contributed by atoms with van der Waals surface area (Å²) in [4.78, 5) is 36.1. The number of nitrogens with two attached hydrogens (primary N) is 1. The van der Waals surface area contributed by atoms with Crippen LogP contribution in [0.15, 0.2) is 28.3 Å². The molecule has 4 rings (SSSR count). The van der Waals surface area contributed by atoms with Crippen LogP contribution in [0.5, 0.6) is 0 Å². The number of nitrogens with zero attached hydrogens (tertiary/aromatic N) is 3. The minimum absolute atomic E-state index is 0.0987. The molecule has 4 heterocycles. The number of piperidine rings is 1. The number of carbonyl (C=O) groups excluding carboxylic acids is 2. The van der Waals surface area contributed by atoms with Crippen molar-refractivity contribution < 1.29 is 14.3 Å². The fraction of sp³-hybridized carbons (Fsp3) is 0.524. The monoisotopic (exact) mass is 507 g/mol. The Morgan fingerprint density at radius 3 is 2.68 bits per heavy atom. The van der Waals surface area contributed by atoms with Gasteiger partial charge in [0.1, 0.15) is 17.6 Å². The summed E-state index contributed by atoms with van der Waals surface area (Å²) in [5.41, 5.74) is 5.68. The van der Waals surface area contributed by atoms with Crippen molar-refractivity contribution in [3.8, 4) is 0 Å². The zero-order valence-corrected chi connectivity index (χ0v) is 19.7. The van der Waals surface area contributed by atoms with Crippen molar-refractivity contribution in [3.05, 3.63) is 38.9 Å². The lowest BCUT2D eigenvalue weighted by Crippen LogP contribution is -2.39. The molecule has 2 aromatic rings. The Kier molecular flexibility index (Phi) is 6.88. The molecule has 0 bridgehead atoms. The Bertz CT molecular complexity index is 947. The number of amides is 2. The zero-order valence-electron chi connectivity index (χ0n) is 17.3. The first kappa shape index (κ1) is 22.2. The lowest BCUT2D eigenvalue weighted by molar-refractivity contribution is -0.130. The van der Waals surface area contributed by atoms with Gasteiger partial charge in [-0.1, -0.05) is 0 Å². The van der Waals surface area contributed by atoms with E-state index in [2.05, 4.69) is 36.1 Å². The van der Waals surface area contributed by atoms with Crippen LogP contribution in [0.1, 0.15) is 54.0 Å². The molecule has 3 atom stereocenters. The van der Waals surface area contributed by atoms with Gasteiger partial charge in [-0.2, -0.15) is 0 Å². The molecule has 166 valence electrons. The summed E-state index contributed by atoms with van der Waals surface area (Å²) >= 11 is 5.04. The second kappa shape index (κ2) is 9.62. The van der Waals surface area contributed by atoms with Gasteiger partial charge in [-0.15, -0.1) is 11.3 Å². The van der Waals surface area contributed by atoms with Gasteiger partial charge in [0.15, 0.2) is 0 Å². The number of aromatic nitrogens is 2. The molecule has 0 saturated carbocycles. The smallest absolute Gasteiger partial charge is 0.272 e. The highest BCUT2D eigenvalue weighted by atomic mass is 79.9. The zero-order chi connectivity index (χ0) is 22.0. The maximum absolute atomic E-state index is 12.7. The van der Waals surface area contributed by atoms with E-state index >= 15 is 0 Å². The fourth-order valence-electron chi connectivity index (χ4n) is 4.24. The van der Waals surface area contributed by atoms with Gasteiger partial charge >= 0.3 is 0 Å². The van der Waals surface area contributed by atoms with E-state index in [1.165, 1.54) is 6.20 Å². The number of anilines is 1. The van der Waals surface area contributed by atoms with E-state index < -0.39 is 6.10 Å². The third-order valence-electron chi connectivity index (χ3n) is 5.98. The molecule has 0 spiro atoms. The Hall–Kier alpha value is -2.04. The maximum Gasteiger partial charge on any atom is 0.272 e. The number of thiophene rings is 1. The second-order valence-electron chi connectivity index (χ2n) is 8.07. The van der Waals surface area contributed by atoms with Gasteiger partial charge in [-0.05, 0) is 66.6 Å². The van der Waals surface area contributed by atoms with E-state index in [-0.39, 0.29) is 24.0 Å². The van der Waals surface area contributed by atoms with Crippen molar-refractivity contribution in [1.82, 2.24) is 15.3 Å². The highest BCUT2D eigenvalue weighted by molar-refractivity contribution is 9.11. The first-order valence-corrected chi connectivity index (χ1v) is 12.1. The second-order valence-corrected chi connectivity index (χ2v) is 10.6. The maximum atomic E-state index is 12.7. The van der Waals surface area contributed by atoms with Gasteiger partial charge in [0.25, 0.3) is 5.91 Å². The number of rotatable bonds is 6. The first-order chi connectivity index (χ1) is 14.9. The summed E-state index contributed by atoms with van der Waals surface area (Å²) in [5.74, 6) is 0.510. The molecule has 8 nitrogen and oxygen atoms in total. The Morgan fingerprint density at radius 1 is 1.26 bits per heavy atom. The SMILES string of the molecule is CC(NC(=O)c1cncc(N2CCC([C@@H]3CC[C@H](C(N)=O)O3)CC2)n1)c1ccc(Br)s1. The summed E-state index contributed by atoms with van der Waals surface area (Å²) in [6.45, 7) is 3.57. The van der Waals surface area contributed by atoms with Crippen LogP contribution in [-0.4, -0.2) is 47.1 Å². The number of halogens is 1. The van der Waals surface area contributed by atoms with Gasteiger partial charge in [0.05, 0.1) is 28.3 Å². The normalized spacial score (nSPS) is 23.0. The number of carbonyl (C=O) groups is 2. The van der Waals surface area contributed by atoms with Crippen LogP contribution in [0.25, 0.3) is 0 Å². The minimum Gasteiger partial charge on any atom is -0.367 e. The van der Waals surface area contributed by atoms with Crippen molar-refractivity contribution in [1.29, 1.82) is 0 Å².